The fourth-order valence-electron chi connectivity index (χ4n) is 1.41. The highest BCUT2D eigenvalue weighted by Gasteiger charge is 2.08. The Morgan fingerprint density at radius 3 is 2.79 bits per heavy atom. The standard InChI is InChI=1S/C10H10N8S/c1-11-8-15-9(14-7-2-3-19-4-7)17-10(16-8)18-6-12-5-13-18/h2-6H,1H3,(H2,11,14,15,16,17). The second-order valence-corrected chi connectivity index (χ2v) is 4.29. The third-order valence-corrected chi connectivity index (χ3v) is 2.93. The van der Waals surface area contributed by atoms with Gasteiger partial charge in [0.15, 0.2) is 0 Å². The molecule has 0 aliphatic rings. The molecule has 8 nitrogen and oxygen atoms in total. The van der Waals surface area contributed by atoms with E-state index in [-0.39, 0.29) is 0 Å². The van der Waals surface area contributed by atoms with Crippen LogP contribution in [0.15, 0.2) is 29.5 Å². The topological polar surface area (TPSA) is 93.4 Å². The van der Waals surface area contributed by atoms with Gasteiger partial charge in [0.05, 0.1) is 5.69 Å². The molecule has 0 aliphatic heterocycles. The zero-order valence-corrected chi connectivity index (χ0v) is 10.8. The Labute approximate surface area is 112 Å². The first-order valence-electron chi connectivity index (χ1n) is 5.43. The van der Waals surface area contributed by atoms with Gasteiger partial charge in [-0.2, -0.15) is 36.1 Å². The van der Waals surface area contributed by atoms with Gasteiger partial charge in [-0.25, -0.2) is 4.98 Å². The van der Waals surface area contributed by atoms with E-state index in [0.29, 0.717) is 17.8 Å². The van der Waals surface area contributed by atoms with Crippen molar-refractivity contribution >= 4 is 28.9 Å². The van der Waals surface area contributed by atoms with Gasteiger partial charge in [0.25, 0.3) is 5.95 Å². The van der Waals surface area contributed by atoms with Crippen molar-refractivity contribution in [2.75, 3.05) is 17.7 Å². The SMILES string of the molecule is CNc1nc(Nc2ccsc2)nc(-n2cncn2)n1. The molecular formula is C10H10N8S. The number of rotatable bonds is 4. The minimum atomic E-state index is 0.398. The highest BCUT2D eigenvalue weighted by Crippen LogP contribution is 2.17. The summed E-state index contributed by atoms with van der Waals surface area (Å²) >= 11 is 1.59. The Bertz CT molecular complexity index is 648. The van der Waals surface area contributed by atoms with Crippen LogP contribution in [-0.2, 0) is 0 Å². The molecule has 3 aromatic heterocycles. The highest BCUT2D eigenvalue weighted by atomic mass is 32.1. The van der Waals surface area contributed by atoms with Gasteiger partial charge in [0.2, 0.25) is 11.9 Å². The normalized spacial score (nSPS) is 10.4. The molecule has 19 heavy (non-hydrogen) atoms. The number of nitrogens with one attached hydrogen (secondary N) is 2. The zero-order valence-electron chi connectivity index (χ0n) is 9.98. The first-order valence-corrected chi connectivity index (χ1v) is 6.37. The molecule has 0 fully saturated rings. The van der Waals surface area contributed by atoms with Crippen LogP contribution in [0.25, 0.3) is 5.95 Å². The molecule has 2 N–H and O–H groups in total. The van der Waals surface area contributed by atoms with Crippen molar-refractivity contribution in [1.29, 1.82) is 0 Å². The Morgan fingerprint density at radius 1 is 1.21 bits per heavy atom. The zero-order chi connectivity index (χ0) is 13.1. The van der Waals surface area contributed by atoms with E-state index in [0.717, 1.165) is 5.69 Å². The van der Waals surface area contributed by atoms with Crippen LogP contribution in [0, 0.1) is 0 Å². The molecule has 96 valence electrons. The summed E-state index contributed by atoms with van der Waals surface area (Å²) in [6, 6.07) is 1.95. The van der Waals surface area contributed by atoms with Gasteiger partial charge in [-0.15, -0.1) is 0 Å². The molecule has 0 spiro atoms. The monoisotopic (exact) mass is 274 g/mol. The molecule has 0 atom stereocenters. The predicted molar refractivity (Wildman–Crippen MR) is 71.9 cm³/mol. The number of hydrogen-bond donors (Lipinski definition) is 2. The van der Waals surface area contributed by atoms with E-state index in [4.69, 9.17) is 0 Å². The van der Waals surface area contributed by atoms with Gasteiger partial charge in [-0.05, 0) is 11.4 Å². The van der Waals surface area contributed by atoms with Crippen LogP contribution < -0.4 is 10.6 Å². The lowest BCUT2D eigenvalue weighted by atomic mass is 10.5. The van der Waals surface area contributed by atoms with E-state index in [9.17, 15) is 0 Å². The second-order valence-electron chi connectivity index (χ2n) is 3.51. The lowest BCUT2D eigenvalue weighted by Gasteiger charge is -2.06. The van der Waals surface area contributed by atoms with Gasteiger partial charge in [0, 0.05) is 12.4 Å². The van der Waals surface area contributed by atoms with Crippen molar-refractivity contribution in [1.82, 2.24) is 29.7 Å². The van der Waals surface area contributed by atoms with Crippen LogP contribution in [0.5, 0.6) is 0 Å². The first kappa shape index (κ1) is 11.5. The molecule has 0 bridgehead atoms. The summed E-state index contributed by atoms with van der Waals surface area (Å²) in [5.74, 6) is 1.30. The Kier molecular flexibility index (Phi) is 3.02. The summed E-state index contributed by atoms with van der Waals surface area (Å²) in [6.45, 7) is 0. The molecule has 0 aromatic carbocycles. The third-order valence-electron chi connectivity index (χ3n) is 2.25. The average Bonchev–Trinajstić information content (AvgIpc) is 3.11. The van der Waals surface area contributed by atoms with Crippen LogP contribution in [0.2, 0.25) is 0 Å². The lowest BCUT2D eigenvalue weighted by Crippen LogP contribution is -2.09. The van der Waals surface area contributed by atoms with Crippen molar-refractivity contribution in [2.45, 2.75) is 0 Å². The maximum atomic E-state index is 4.29. The van der Waals surface area contributed by atoms with Crippen molar-refractivity contribution in [3.8, 4) is 5.95 Å². The van der Waals surface area contributed by atoms with Crippen molar-refractivity contribution < 1.29 is 0 Å². The summed E-state index contributed by atoms with van der Waals surface area (Å²) in [5, 5.41) is 13.9. The summed E-state index contributed by atoms with van der Waals surface area (Å²) in [4.78, 5) is 16.6. The van der Waals surface area contributed by atoms with Crippen LogP contribution >= 0.6 is 11.3 Å². The largest absolute Gasteiger partial charge is 0.357 e. The summed E-state index contributed by atoms with van der Waals surface area (Å²) in [5.41, 5.74) is 0.933. The minimum absolute atomic E-state index is 0.398. The smallest absolute Gasteiger partial charge is 0.258 e. The highest BCUT2D eigenvalue weighted by molar-refractivity contribution is 7.08. The molecule has 0 unspecified atom stereocenters. The molecule has 0 saturated heterocycles. The third kappa shape index (κ3) is 2.50. The molecule has 3 aromatic rings. The number of hydrogen-bond acceptors (Lipinski definition) is 8. The quantitative estimate of drug-likeness (QED) is 0.740. The Balaban J connectivity index is 1.98. The molecule has 0 saturated carbocycles. The first-order chi connectivity index (χ1) is 9.35. The van der Waals surface area contributed by atoms with Crippen LogP contribution in [0.4, 0.5) is 17.6 Å². The number of thiophene rings is 1. The summed E-state index contributed by atoms with van der Waals surface area (Å²) in [7, 11) is 1.74. The van der Waals surface area contributed by atoms with Gasteiger partial charge in [-0.3, -0.25) is 0 Å². The van der Waals surface area contributed by atoms with Crippen molar-refractivity contribution in [3.63, 3.8) is 0 Å². The summed E-state index contributed by atoms with van der Waals surface area (Å²) in [6.07, 6.45) is 2.96. The molecule has 0 aliphatic carbocycles. The molecular weight excluding hydrogens is 264 g/mol. The van der Waals surface area contributed by atoms with Crippen molar-refractivity contribution in [2.24, 2.45) is 0 Å². The second kappa shape index (κ2) is 4.98. The average molecular weight is 274 g/mol. The van der Waals surface area contributed by atoms with E-state index in [1.165, 1.54) is 17.3 Å². The molecule has 0 amide bonds. The van der Waals surface area contributed by atoms with E-state index < -0.39 is 0 Å². The van der Waals surface area contributed by atoms with E-state index in [2.05, 4.69) is 35.7 Å². The fraction of sp³-hybridized carbons (Fsp3) is 0.100. The van der Waals surface area contributed by atoms with Crippen LogP contribution in [0.3, 0.4) is 0 Å². The number of nitrogens with zero attached hydrogens (tertiary/aromatic N) is 6. The number of aromatic nitrogens is 6. The summed E-state index contributed by atoms with van der Waals surface area (Å²) < 4.78 is 1.47. The van der Waals surface area contributed by atoms with Gasteiger partial charge in [-0.1, -0.05) is 0 Å². The Morgan fingerprint density at radius 2 is 2.11 bits per heavy atom. The number of anilines is 3. The van der Waals surface area contributed by atoms with Crippen LogP contribution in [-0.4, -0.2) is 36.8 Å². The van der Waals surface area contributed by atoms with E-state index in [1.54, 1.807) is 18.4 Å². The van der Waals surface area contributed by atoms with Gasteiger partial charge < -0.3 is 10.6 Å². The predicted octanol–water partition coefficient (Wildman–Crippen LogP) is 1.30. The van der Waals surface area contributed by atoms with Crippen molar-refractivity contribution in [3.05, 3.63) is 29.5 Å². The molecule has 9 heteroatoms. The van der Waals surface area contributed by atoms with E-state index >= 15 is 0 Å². The molecule has 0 radical (unpaired) electrons. The minimum Gasteiger partial charge on any atom is -0.357 e. The van der Waals surface area contributed by atoms with Crippen LogP contribution in [0.1, 0.15) is 0 Å². The fourth-order valence-corrected chi connectivity index (χ4v) is 2.00. The molecule has 3 rings (SSSR count). The maximum Gasteiger partial charge on any atom is 0.258 e. The van der Waals surface area contributed by atoms with E-state index in [1.807, 2.05) is 16.8 Å². The lowest BCUT2D eigenvalue weighted by molar-refractivity contribution is 0.798. The van der Waals surface area contributed by atoms with Gasteiger partial charge in [0.1, 0.15) is 12.7 Å². The molecule has 3 heterocycles. The Hall–Kier alpha value is -2.55. The maximum absolute atomic E-state index is 4.29. The van der Waals surface area contributed by atoms with Gasteiger partial charge >= 0.3 is 0 Å².